The second kappa shape index (κ2) is 5.48. The lowest BCUT2D eigenvalue weighted by Gasteiger charge is -2.28. The van der Waals surface area contributed by atoms with Crippen LogP contribution in [0.2, 0.25) is 5.02 Å². The number of nitrogens with zero attached hydrogens (tertiary/aromatic N) is 2. The zero-order valence-corrected chi connectivity index (χ0v) is 10.3. The van der Waals surface area contributed by atoms with Crippen molar-refractivity contribution in [2.45, 2.75) is 6.10 Å². The molecule has 2 rings (SSSR count). The summed E-state index contributed by atoms with van der Waals surface area (Å²) in [6.45, 7) is 3.02. The number of nitrogens with one attached hydrogen (secondary N) is 2. The molecule has 1 aromatic heterocycles. The zero-order chi connectivity index (χ0) is 12.3. The van der Waals surface area contributed by atoms with E-state index in [1.807, 2.05) is 11.9 Å². The van der Waals surface area contributed by atoms with Gasteiger partial charge in [-0.05, 0) is 0 Å². The molecule has 0 bridgehead atoms. The molecule has 17 heavy (non-hydrogen) atoms. The molecule has 1 saturated heterocycles. The van der Waals surface area contributed by atoms with Gasteiger partial charge in [0.1, 0.15) is 5.02 Å². The largest absolute Gasteiger partial charge is 0.374 e. The van der Waals surface area contributed by atoms with Gasteiger partial charge >= 0.3 is 0 Å². The maximum absolute atomic E-state index is 11.3. The summed E-state index contributed by atoms with van der Waals surface area (Å²) in [6.07, 6.45) is 1.44. The minimum absolute atomic E-state index is 0.0888. The van der Waals surface area contributed by atoms with Crippen molar-refractivity contribution in [3.05, 3.63) is 21.7 Å². The van der Waals surface area contributed by atoms with Gasteiger partial charge in [0.25, 0.3) is 5.56 Å². The number of hydrogen-bond donors (Lipinski definition) is 2. The standard InChI is InChI=1S/C10H15ClN4O2/c1-15(5-7-4-12-2-3-17-7)9-8(11)10(16)14-6-13-9/h6-7,12H,2-5H2,1H3,(H,13,14,16). The molecule has 1 aromatic rings. The van der Waals surface area contributed by atoms with Crippen LogP contribution >= 0.6 is 11.6 Å². The predicted octanol–water partition coefficient (Wildman–Crippen LogP) is -0.152. The first-order valence-electron chi connectivity index (χ1n) is 5.45. The SMILES string of the molecule is CN(CC1CNCCO1)c1nc[nH]c(=O)c1Cl. The maximum Gasteiger partial charge on any atom is 0.271 e. The van der Waals surface area contributed by atoms with Crippen molar-refractivity contribution in [3.63, 3.8) is 0 Å². The van der Waals surface area contributed by atoms with E-state index in [9.17, 15) is 4.79 Å². The third kappa shape index (κ3) is 2.96. The van der Waals surface area contributed by atoms with Crippen molar-refractivity contribution in [1.29, 1.82) is 0 Å². The van der Waals surface area contributed by atoms with E-state index >= 15 is 0 Å². The molecular formula is C10H15ClN4O2. The monoisotopic (exact) mass is 258 g/mol. The Kier molecular flexibility index (Phi) is 3.98. The average molecular weight is 259 g/mol. The molecular weight excluding hydrogens is 244 g/mol. The molecule has 0 saturated carbocycles. The fourth-order valence-electron chi connectivity index (χ4n) is 1.77. The Morgan fingerprint density at radius 1 is 1.71 bits per heavy atom. The van der Waals surface area contributed by atoms with Crippen LogP contribution in [0.4, 0.5) is 5.82 Å². The van der Waals surface area contributed by atoms with Gasteiger partial charge in [-0.2, -0.15) is 0 Å². The van der Waals surface area contributed by atoms with E-state index in [0.717, 1.165) is 13.1 Å². The van der Waals surface area contributed by atoms with Crippen molar-refractivity contribution in [2.24, 2.45) is 0 Å². The highest BCUT2D eigenvalue weighted by molar-refractivity contribution is 6.32. The number of anilines is 1. The van der Waals surface area contributed by atoms with Crippen molar-refractivity contribution >= 4 is 17.4 Å². The van der Waals surface area contributed by atoms with Crippen LogP contribution in [0, 0.1) is 0 Å². The van der Waals surface area contributed by atoms with Gasteiger partial charge in [0.15, 0.2) is 5.82 Å². The van der Waals surface area contributed by atoms with E-state index in [-0.39, 0.29) is 16.7 Å². The molecule has 1 atom stereocenters. The molecule has 1 aliphatic rings. The minimum atomic E-state index is -0.328. The average Bonchev–Trinajstić information content (AvgIpc) is 2.34. The molecule has 0 spiro atoms. The second-order valence-electron chi connectivity index (χ2n) is 3.95. The van der Waals surface area contributed by atoms with Crippen LogP contribution in [0.3, 0.4) is 0 Å². The third-order valence-corrected chi connectivity index (χ3v) is 2.96. The smallest absolute Gasteiger partial charge is 0.271 e. The van der Waals surface area contributed by atoms with Gasteiger partial charge in [-0.1, -0.05) is 11.6 Å². The van der Waals surface area contributed by atoms with E-state index in [2.05, 4.69) is 15.3 Å². The summed E-state index contributed by atoms with van der Waals surface area (Å²) in [5.74, 6) is 0.476. The Morgan fingerprint density at radius 2 is 2.53 bits per heavy atom. The fraction of sp³-hybridized carbons (Fsp3) is 0.600. The fourth-order valence-corrected chi connectivity index (χ4v) is 2.02. The van der Waals surface area contributed by atoms with Gasteiger partial charge in [0.2, 0.25) is 0 Å². The van der Waals surface area contributed by atoms with Crippen LogP contribution in [0.5, 0.6) is 0 Å². The minimum Gasteiger partial charge on any atom is -0.374 e. The van der Waals surface area contributed by atoms with Gasteiger partial charge in [0, 0.05) is 26.7 Å². The summed E-state index contributed by atoms with van der Waals surface area (Å²) in [5, 5.41) is 3.35. The molecule has 2 N–H and O–H groups in total. The zero-order valence-electron chi connectivity index (χ0n) is 9.57. The van der Waals surface area contributed by atoms with Crippen LogP contribution in [0.15, 0.2) is 11.1 Å². The first kappa shape index (κ1) is 12.3. The number of halogens is 1. The van der Waals surface area contributed by atoms with Crippen molar-refractivity contribution in [3.8, 4) is 0 Å². The number of aromatic amines is 1. The molecule has 0 aromatic carbocycles. The Balaban J connectivity index is 2.06. The Hall–Kier alpha value is -1.11. The molecule has 7 heteroatoms. The van der Waals surface area contributed by atoms with Gasteiger partial charge in [-0.15, -0.1) is 0 Å². The van der Waals surface area contributed by atoms with E-state index in [0.29, 0.717) is 19.0 Å². The Labute approximate surface area is 104 Å². The van der Waals surface area contributed by atoms with Gasteiger partial charge in [-0.3, -0.25) is 4.79 Å². The highest BCUT2D eigenvalue weighted by Crippen LogP contribution is 2.17. The lowest BCUT2D eigenvalue weighted by molar-refractivity contribution is 0.0339. The van der Waals surface area contributed by atoms with E-state index in [4.69, 9.17) is 16.3 Å². The summed E-state index contributed by atoms with van der Waals surface area (Å²) in [4.78, 5) is 19.7. The predicted molar refractivity (Wildman–Crippen MR) is 65.7 cm³/mol. The van der Waals surface area contributed by atoms with E-state index < -0.39 is 0 Å². The summed E-state index contributed by atoms with van der Waals surface area (Å²) in [7, 11) is 1.84. The number of ether oxygens (including phenoxy) is 1. The summed E-state index contributed by atoms with van der Waals surface area (Å²) in [6, 6.07) is 0. The first-order chi connectivity index (χ1) is 8.18. The van der Waals surface area contributed by atoms with Gasteiger partial charge in [-0.25, -0.2) is 4.98 Å². The van der Waals surface area contributed by atoms with Crippen LogP contribution < -0.4 is 15.8 Å². The molecule has 2 heterocycles. The number of H-pyrrole nitrogens is 1. The second-order valence-corrected chi connectivity index (χ2v) is 4.32. The normalized spacial score (nSPS) is 20.2. The quantitative estimate of drug-likeness (QED) is 0.789. The van der Waals surface area contributed by atoms with Crippen molar-refractivity contribution in [2.75, 3.05) is 38.2 Å². The molecule has 0 amide bonds. The Morgan fingerprint density at radius 3 is 3.24 bits per heavy atom. The van der Waals surface area contributed by atoms with Crippen molar-refractivity contribution < 1.29 is 4.74 Å². The van der Waals surface area contributed by atoms with E-state index in [1.165, 1.54) is 6.33 Å². The number of likely N-dealkylation sites (N-methyl/N-ethyl adjacent to an activating group) is 1. The van der Waals surface area contributed by atoms with Crippen LogP contribution in [0.25, 0.3) is 0 Å². The number of aromatic nitrogens is 2. The molecule has 6 nitrogen and oxygen atoms in total. The molecule has 94 valence electrons. The molecule has 0 radical (unpaired) electrons. The highest BCUT2D eigenvalue weighted by Gasteiger charge is 2.18. The third-order valence-electron chi connectivity index (χ3n) is 2.62. The van der Waals surface area contributed by atoms with Gasteiger partial charge in [0.05, 0.1) is 19.0 Å². The van der Waals surface area contributed by atoms with E-state index in [1.54, 1.807) is 0 Å². The maximum atomic E-state index is 11.3. The number of morpholine rings is 1. The number of hydrogen-bond acceptors (Lipinski definition) is 5. The van der Waals surface area contributed by atoms with Crippen LogP contribution in [-0.2, 0) is 4.74 Å². The summed E-state index contributed by atoms with van der Waals surface area (Å²) in [5.41, 5.74) is -0.328. The highest BCUT2D eigenvalue weighted by atomic mass is 35.5. The first-order valence-corrected chi connectivity index (χ1v) is 5.83. The molecule has 1 unspecified atom stereocenters. The summed E-state index contributed by atoms with van der Waals surface area (Å²) >= 11 is 5.90. The topological polar surface area (TPSA) is 70.2 Å². The van der Waals surface area contributed by atoms with Gasteiger partial charge < -0.3 is 19.9 Å². The van der Waals surface area contributed by atoms with Crippen LogP contribution in [-0.4, -0.2) is 49.4 Å². The van der Waals surface area contributed by atoms with Crippen LogP contribution in [0.1, 0.15) is 0 Å². The number of rotatable bonds is 3. The lowest BCUT2D eigenvalue weighted by Crippen LogP contribution is -2.44. The molecule has 0 aliphatic carbocycles. The lowest BCUT2D eigenvalue weighted by atomic mass is 10.3. The van der Waals surface area contributed by atoms with Crippen molar-refractivity contribution in [1.82, 2.24) is 15.3 Å². The summed E-state index contributed by atoms with van der Waals surface area (Å²) < 4.78 is 5.58. The Bertz CT molecular complexity index is 431. The molecule has 1 fully saturated rings. The molecule has 1 aliphatic heterocycles.